The Morgan fingerprint density at radius 2 is 1.88 bits per heavy atom. The molecular weight excluding hydrogens is 311 g/mol. The second-order valence-corrected chi connectivity index (χ2v) is 4.76. The Kier molecular flexibility index (Phi) is 3.77. The Morgan fingerprint density at radius 3 is 2.56 bits per heavy atom. The highest BCUT2D eigenvalue weighted by atomic mass is 127. The smallest absolute Gasteiger partial charge is 0.0657 e. The number of aromatic nitrogens is 1. The molecule has 1 atom stereocenters. The van der Waals surface area contributed by atoms with Gasteiger partial charge in [0.15, 0.2) is 0 Å². The van der Waals surface area contributed by atoms with Gasteiger partial charge in [-0.1, -0.05) is 18.2 Å². The molecule has 1 aromatic heterocycles. The molecule has 82 valence electrons. The van der Waals surface area contributed by atoms with E-state index in [-0.39, 0.29) is 6.04 Å². The highest BCUT2D eigenvalue weighted by Gasteiger charge is 2.07. The van der Waals surface area contributed by atoms with Gasteiger partial charge in [-0.15, -0.1) is 0 Å². The first-order valence-corrected chi connectivity index (χ1v) is 6.27. The molecule has 2 aromatic rings. The maximum atomic E-state index is 4.34. The molecule has 3 heteroatoms. The lowest BCUT2D eigenvalue weighted by Crippen LogP contribution is -2.08. The molecule has 1 heterocycles. The summed E-state index contributed by atoms with van der Waals surface area (Å²) in [7, 11) is 0. The molecule has 0 spiro atoms. The third kappa shape index (κ3) is 2.72. The molecule has 0 saturated heterocycles. The summed E-state index contributed by atoms with van der Waals surface area (Å²) < 4.78 is 1.22. The average molecular weight is 324 g/mol. The minimum absolute atomic E-state index is 0.220. The largest absolute Gasteiger partial charge is 0.376 e. The molecule has 0 aliphatic rings. The van der Waals surface area contributed by atoms with Gasteiger partial charge in [0.25, 0.3) is 0 Å². The average Bonchev–Trinajstić information content (AvgIpc) is 2.33. The van der Waals surface area contributed by atoms with Crippen molar-refractivity contribution in [2.24, 2.45) is 0 Å². The van der Waals surface area contributed by atoms with Crippen molar-refractivity contribution in [3.63, 3.8) is 0 Å². The molecule has 0 bridgehead atoms. The van der Waals surface area contributed by atoms with Crippen LogP contribution in [0.25, 0.3) is 0 Å². The zero-order chi connectivity index (χ0) is 11.4. The minimum atomic E-state index is 0.220. The van der Waals surface area contributed by atoms with Gasteiger partial charge in [0, 0.05) is 15.5 Å². The summed E-state index contributed by atoms with van der Waals surface area (Å²) in [5.74, 6) is 0. The van der Waals surface area contributed by atoms with Gasteiger partial charge >= 0.3 is 0 Å². The van der Waals surface area contributed by atoms with E-state index in [4.69, 9.17) is 0 Å². The predicted molar refractivity (Wildman–Crippen MR) is 75.4 cm³/mol. The van der Waals surface area contributed by atoms with Crippen LogP contribution < -0.4 is 5.32 Å². The molecule has 1 N–H and O–H groups in total. The predicted octanol–water partition coefficient (Wildman–Crippen LogP) is 3.86. The summed E-state index contributed by atoms with van der Waals surface area (Å²) in [6.07, 6.45) is 1.82. The maximum Gasteiger partial charge on any atom is 0.0657 e. The van der Waals surface area contributed by atoms with Crippen LogP contribution in [0.5, 0.6) is 0 Å². The number of benzene rings is 1. The number of para-hydroxylation sites is 1. The molecule has 0 aliphatic carbocycles. The summed E-state index contributed by atoms with van der Waals surface area (Å²) in [5, 5.41) is 3.46. The molecule has 2 rings (SSSR count). The minimum Gasteiger partial charge on any atom is -0.376 e. The van der Waals surface area contributed by atoms with Crippen LogP contribution in [0.3, 0.4) is 0 Å². The van der Waals surface area contributed by atoms with E-state index in [0.717, 1.165) is 11.4 Å². The highest BCUT2D eigenvalue weighted by Crippen LogP contribution is 2.22. The standard InChI is InChI=1S/C13H13IN2/c1-10(12-7-4-5-9-15-12)16-13-8-3-2-6-11(13)14/h2-10,16H,1H3. The topological polar surface area (TPSA) is 24.9 Å². The zero-order valence-corrected chi connectivity index (χ0v) is 11.2. The maximum absolute atomic E-state index is 4.34. The van der Waals surface area contributed by atoms with E-state index in [1.54, 1.807) is 0 Å². The summed E-state index contributed by atoms with van der Waals surface area (Å²) in [6, 6.07) is 14.5. The van der Waals surface area contributed by atoms with Gasteiger partial charge in [-0.2, -0.15) is 0 Å². The lowest BCUT2D eigenvalue weighted by Gasteiger charge is -2.15. The fourth-order valence-corrected chi connectivity index (χ4v) is 2.06. The summed E-state index contributed by atoms with van der Waals surface area (Å²) >= 11 is 2.33. The fraction of sp³-hybridized carbons (Fsp3) is 0.154. The second-order valence-electron chi connectivity index (χ2n) is 3.60. The van der Waals surface area contributed by atoms with Gasteiger partial charge in [0.2, 0.25) is 0 Å². The Morgan fingerprint density at radius 1 is 1.12 bits per heavy atom. The SMILES string of the molecule is CC(Nc1ccccc1I)c1ccccn1. The number of rotatable bonds is 3. The van der Waals surface area contributed by atoms with Crippen molar-refractivity contribution in [3.05, 3.63) is 57.9 Å². The van der Waals surface area contributed by atoms with Crippen molar-refractivity contribution in [1.82, 2.24) is 4.98 Å². The Balaban J connectivity index is 2.14. The highest BCUT2D eigenvalue weighted by molar-refractivity contribution is 14.1. The van der Waals surface area contributed by atoms with Crippen LogP contribution in [0.1, 0.15) is 18.7 Å². The second kappa shape index (κ2) is 5.30. The van der Waals surface area contributed by atoms with Gasteiger partial charge in [0.05, 0.1) is 11.7 Å². The van der Waals surface area contributed by atoms with E-state index in [2.05, 4.69) is 51.9 Å². The molecule has 2 nitrogen and oxygen atoms in total. The molecule has 1 unspecified atom stereocenters. The van der Waals surface area contributed by atoms with Crippen LogP contribution in [0.15, 0.2) is 48.7 Å². The van der Waals surface area contributed by atoms with Crippen molar-refractivity contribution in [3.8, 4) is 0 Å². The van der Waals surface area contributed by atoms with Crippen LogP contribution in [0.4, 0.5) is 5.69 Å². The quantitative estimate of drug-likeness (QED) is 0.867. The Labute approximate surface area is 109 Å². The van der Waals surface area contributed by atoms with E-state index in [1.165, 1.54) is 3.57 Å². The van der Waals surface area contributed by atoms with Crippen molar-refractivity contribution < 1.29 is 0 Å². The van der Waals surface area contributed by atoms with E-state index in [1.807, 2.05) is 36.5 Å². The first kappa shape index (κ1) is 11.4. The normalized spacial score (nSPS) is 12.1. The van der Waals surface area contributed by atoms with Crippen molar-refractivity contribution in [2.45, 2.75) is 13.0 Å². The molecule has 16 heavy (non-hydrogen) atoms. The van der Waals surface area contributed by atoms with Crippen LogP contribution in [-0.2, 0) is 0 Å². The third-order valence-electron chi connectivity index (χ3n) is 2.38. The first-order valence-electron chi connectivity index (χ1n) is 5.19. The van der Waals surface area contributed by atoms with Crippen molar-refractivity contribution in [1.29, 1.82) is 0 Å². The van der Waals surface area contributed by atoms with Gasteiger partial charge in [-0.05, 0) is 53.8 Å². The number of hydrogen-bond acceptors (Lipinski definition) is 2. The van der Waals surface area contributed by atoms with Gasteiger partial charge in [-0.3, -0.25) is 4.98 Å². The number of nitrogens with one attached hydrogen (secondary N) is 1. The van der Waals surface area contributed by atoms with E-state index >= 15 is 0 Å². The van der Waals surface area contributed by atoms with Crippen LogP contribution in [0, 0.1) is 3.57 Å². The van der Waals surface area contributed by atoms with E-state index < -0.39 is 0 Å². The lowest BCUT2D eigenvalue weighted by molar-refractivity contribution is 0.838. The van der Waals surface area contributed by atoms with Crippen LogP contribution >= 0.6 is 22.6 Å². The molecule has 1 aromatic carbocycles. The molecule has 0 amide bonds. The monoisotopic (exact) mass is 324 g/mol. The zero-order valence-electron chi connectivity index (χ0n) is 9.02. The molecular formula is C13H13IN2. The Hall–Kier alpha value is -1.10. The molecule has 0 saturated carbocycles. The summed E-state index contributed by atoms with van der Waals surface area (Å²) in [4.78, 5) is 4.34. The van der Waals surface area contributed by atoms with E-state index in [9.17, 15) is 0 Å². The number of pyridine rings is 1. The van der Waals surface area contributed by atoms with Crippen LogP contribution in [-0.4, -0.2) is 4.98 Å². The lowest BCUT2D eigenvalue weighted by atomic mass is 10.2. The summed E-state index contributed by atoms with van der Waals surface area (Å²) in [5.41, 5.74) is 2.21. The molecule has 0 radical (unpaired) electrons. The van der Waals surface area contributed by atoms with Crippen LogP contribution in [0.2, 0.25) is 0 Å². The van der Waals surface area contributed by atoms with Gasteiger partial charge in [0.1, 0.15) is 0 Å². The van der Waals surface area contributed by atoms with Crippen molar-refractivity contribution in [2.75, 3.05) is 5.32 Å². The fourth-order valence-electron chi connectivity index (χ4n) is 1.52. The van der Waals surface area contributed by atoms with E-state index in [0.29, 0.717) is 0 Å². The third-order valence-corrected chi connectivity index (χ3v) is 3.32. The Bertz CT molecular complexity index is 456. The number of nitrogens with zero attached hydrogens (tertiary/aromatic N) is 1. The molecule has 0 aliphatic heterocycles. The van der Waals surface area contributed by atoms with Gasteiger partial charge < -0.3 is 5.32 Å². The number of hydrogen-bond donors (Lipinski definition) is 1. The summed E-state index contributed by atoms with van der Waals surface area (Å²) in [6.45, 7) is 2.12. The number of anilines is 1. The molecule has 0 fully saturated rings. The first-order chi connectivity index (χ1) is 7.77. The van der Waals surface area contributed by atoms with Crippen molar-refractivity contribution >= 4 is 28.3 Å². The number of halogens is 1. The van der Waals surface area contributed by atoms with Gasteiger partial charge in [-0.25, -0.2) is 0 Å².